The highest BCUT2D eigenvalue weighted by molar-refractivity contribution is 5.93. The van der Waals surface area contributed by atoms with Gasteiger partial charge in [0.25, 0.3) is 5.91 Å². The normalized spacial score (nSPS) is 13.1. The van der Waals surface area contributed by atoms with Crippen LogP contribution in [0.3, 0.4) is 0 Å². The Balaban J connectivity index is 1.71. The van der Waals surface area contributed by atoms with Crippen LogP contribution in [0.1, 0.15) is 27.9 Å². The van der Waals surface area contributed by atoms with Crippen LogP contribution in [0.4, 0.5) is 13.2 Å². The molecule has 3 rings (SSSR count). The summed E-state index contributed by atoms with van der Waals surface area (Å²) in [6, 6.07) is 11.1. The van der Waals surface area contributed by atoms with Gasteiger partial charge in [-0.2, -0.15) is 13.2 Å². The van der Waals surface area contributed by atoms with Gasteiger partial charge in [0.15, 0.2) is 0 Å². The van der Waals surface area contributed by atoms with Gasteiger partial charge in [-0.15, -0.1) is 0 Å². The third-order valence-electron chi connectivity index (χ3n) is 4.17. The Morgan fingerprint density at radius 2 is 1.96 bits per heavy atom. The van der Waals surface area contributed by atoms with Gasteiger partial charge in [-0.3, -0.25) is 14.7 Å². The zero-order valence-corrected chi connectivity index (χ0v) is 14.7. The molecule has 1 N–H and O–H groups in total. The molecule has 1 unspecified atom stereocenters. The number of nitrogens with one attached hydrogen (secondary N) is 1. The van der Waals surface area contributed by atoms with Gasteiger partial charge in [0, 0.05) is 18.1 Å². The Labute approximate surface area is 153 Å². The predicted octanol–water partition coefficient (Wildman–Crippen LogP) is 3.88. The van der Waals surface area contributed by atoms with Crippen LogP contribution in [0.2, 0.25) is 0 Å². The van der Waals surface area contributed by atoms with E-state index in [0.29, 0.717) is 5.76 Å². The first-order valence-electron chi connectivity index (χ1n) is 8.22. The van der Waals surface area contributed by atoms with Crippen molar-refractivity contribution in [3.8, 4) is 0 Å². The molecule has 2 heterocycles. The number of pyridine rings is 1. The Bertz CT molecular complexity index is 900. The molecule has 1 aromatic carbocycles. The smallest absolute Gasteiger partial charge is 0.433 e. The van der Waals surface area contributed by atoms with E-state index in [4.69, 9.17) is 4.42 Å². The summed E-state index contributed by atoms with van der Waals surface area (Å²) in [6.45, 7) is 0.229. The zero-order chi connectivity index (χ0) is 19.6. The summed E-state index contributed by atoms with van der Waals surface area (Å²) < 4.78 is 43.5. The summed E-state index contributed by atoms with van der Waals surface area (Å²) in [7, 11) is 3.70. The Morgan fingerprint density at radius 3 is 2.56 bits per heavy atom. The van der Waals surface area contributed by atoms with Crippen molar-refractivity contribution in [2.75, 3.05) is 20.6 Å². The van der Waals surface area contributed by atoms with Gasteiger partial charge in [-0.05, 0) is 38.4 Å². The van der Waals surface area contributed by atoms with E-state index in [1.807, 2.05) is 49.3 Å². The van der Waals surface area contributed by atoms with Crippen LogP contribution in [0, 0.1) is 0 Å². The molecule has 0 saturated carbocycles. The summed E-state index contributed by atoms with van der Waals surface area (Å²) >= 11 is 0. The minimum absolute atomic E-state index is 0.0603. The molecule has 0 radical (unpaired) electrons. The van der Waals surface area contributed by atoms with E-state index in [9.17, 15) is 18.0 Å². The second-order valence-corrected chi connectivity index (χ2v) is 6.31. The number of fused-ring (bicyclic) bond motifs is 1. The summed E-state index contributed by atoms with van der Waals surface area (Å²) in [5.41, 5.74) is -0.227. The number of rotatable bonds is 5. The molecule has 1 amide bonds. The molecule has 5 nitrogen and oxygen atoms in total. The number of aromatic nitrogens is 1. The summed E-state index contributed by atoms with van der Waals surface area (Å²) in [4.78, 5) is 17.5. The number of furan rings is 1. The number of hydrogen-bond donors (Lipinski definition) is 1. The molecule has 0 aliphatic heterocycles. The SMILES string of the molecule is CN(C)C(CNC(=O)c1ccc(C(F)(F)F)nc1)c1cc2ccccc2o1. The standard InChI is InChI=1S/C19H18F3N3O2/c1-25(2)14(16-9-12-5-3-4-6-15(12)27-16)11-24-18(26)13-7-8-17(23-10-13)19(20,21)22/h3-10,14H,11H2,1-2H3,(H,24,26). The molecule has 27 heavy (non-hydrogen) atoms. The van der Waals surface area contributed by atoms with Crippen LogP contribution >= 0.6 is 0 Å². The molecule has 0 spiro atoms. The van der Waals surface area contributed by atoms with E-state index in [2.05, 4.69) is 10.3 Å². The number of alkyl halides is 3. The van der Waals surface area contributed by atoms with E-state index in [-0.39, 0.29) is 18.2 Å². The number of hydrogen-bond acceptors (Lipinski definition) is 4. The topological polar surface area (TPSA) is 58.4 Å². The summed E-state index contributed by atoms with van der Waals surface area (Å²) in [5, 5.41) is 3.68. The van der Waals surface area contributed by atoms with E-state index in [1.165, 1.54) is 0 Å². The number of carbonyl (C=O) groups is 1. The highest BCUT2D eigenvalue weighted by Gasteiger charge is 2.32. The number of halogens is 3. The average Bonchev–Trinajstić information content (AvgIpc) is 3.04. The van der Waals surface area contributed by atoms with Crippen molar-refractivity contribution < 1.29 is 22.4 Å². The number of nitrogens with zero attached hydrogens (tertiary/aromatic N) is 2. The van der Waals surface area contributed by atoms with E-state index in [0.717, 1.165) is 29.3 Å². The number of carbonyl (C=O) groups excluding carboxylic acids is 1. The van der Waals surface area contributed by atoms with Crippen LogP contribution in [-0.4, -0.2) is 36.4 Å². The fourth-order valence-corrected chi connectivity index (χ4v) is 2.69. The van der Waals surface area contributed by atoms with Crippen molar-refractivity contribution in [3.63, 3.8) is 0 Å². The summed E-state index contributed by atoms with van der Waals surface area (Å²) in [6.07, 6.45) is -3.61. The predicted molar refractivity (Wildman–Crippen MR) is 94.2 cm³/mol. The monoisotopic (exact) mass is 377 g/mol. The molecule has 3 aromatic rings. The fraction of sp³-hybridized carbons (Fsp3) is 0.263. The van der Waals surface area contributed by atoms with Gasteiger partial charge in [0.2, 0.25) is 0 Å². The molecular weight excluding hydrogens is 359 g/mol. The lowest BCUT2D eigenvalue weighted by atomic mass is 10.1. The number of benzene rings is 1. The lowest BCUT2D eigenvalue weighted by molar-refractivity contribution is -0.141. The highest BCUT2D eigenvalue weighted by atomic mass is 19.4. The minimum Gasteiger partial charge on any atom is -0.459 e. The second-order valence-electron chi connectivity index (χ2n) is 6.31. The first kappa shape index (κ1) is 18.9. The van der Waals surface area contributed by atoms with Gasteiger partial charge in [0.05, 0.1) is 11.6 Å². The molecule has 0 aliphatic rings. The Morgan fingerprint density at radius 1 is 1.22 bits per heavy atom. The highest BCUT2D eigenvalue weighted by Crippen LogP contribution is 2.28. The minimum atomic E-state index is -4.54. The van der Waals surface area contributed by atoms with Crippen LogP contribution < -0.4 is 5.32 Å². The van der Waals surface area contributed by atoms with Crippen LogP contribution in [0.15, 0.2) is 53.1 Å². The van der Waals surface area contributed by atoms with Gasteiger partial charge >= 0.3 is 6.18 Å². The lowest BCUT2D eigenvalue weighted by Crippen LogP contribution is -2.34. The van der Waals surface area contributed by atoms with Crippen molar-refractivity contribution >= 4 is 16.9 Å². The number of likely N-dealkylation sites (N-methyl/N-ethyl adjacent to an activating group) is 1. The Hall–Kier alpha value is -2.87. The van der Waals surface area contributed by atoms with Crippen molar-refractivity contribution in [2.45, 2.75) is 12.2 Å². The van der Waals surface area contributed by atoms with Crippen LogP contribution in [-0.2, 0) is 6.18 Å². The molecule has 0 fully saturated rings. The van der Waals surface area contributed by atoms with Crippen molar-refractivity contribution in [1.29, 1.82) is 0 Å². The molecule has 0 saturated heterocycles. The van der Waals surface area contributed by atoms with Crippen molar-refractivity contribution in [3.05, 3.63) is 65.7 Å². The van der Waals surface area contributed by atoms with Crippen LogP contribution in [0.25, 0.3) is 11.0 Å². The quantitative estimate of drug-likeness (QED) is 0.733. The van der Waals surface area contributed by atoms with E-state index in [1.54, 1.807) is 0 Å². The van der Waals surface area contributed by atoms with Gasteiger partial charge < -0.3 is 9.73 Å². The lowest BCUT2D eigenvalue weighted by Gasteiger charge is -2.22. The van der Waals surface area contributed by atoms with Gasteiger partial charge in [0.1, 0.15) is 17.0 Å². The molecular formula is C19H18F3N3O2. The molecule has 0 bridgehead atoms. The van der Waals surface area contributed by atoms with Crippen molar-refractivity contribution in [1.82, 2.24) is 15.2 Å². The van der Waals surface area contributed by atoms with Crippen LogP contribution in [0.5, 0.6) is 0 Å². The van der Waals surface area contributed by atoms with E-state index >= 15 is 0 Å². The molecule has 1 atom stereocenters. The second kappa shape index (κ2) is 7.40. The zero-order valence-electron chi connectivity index (χ0n) is 14.7. The summed E-state index contributed by atoms with van der Waals surface area (Å²) in [5.74, 6) is 0.186. The first-order valence-corrected chi connectivity index (χ1v) is 8.22. The average molecular weight is 377 g/mol. The van der Waals surface area contributed by atoms with Gasteiger partial charge in [-0.1, -0.05) is 18.2 Å². The first-order chi connectivity index (χ1) is 12.8. The number of para-hydroxylation sites is 1. The molecule has 142 valence electrons. The van der Waals surface area contributed by atoms with Gasteiger partial charge in [-0.25, -0.2) is 0 Å². The van der Waals surface area contributed by atoms with Crippen molar-refractivity contribution in [2.24, 2.45) is 0 Å². The molecule has 0 aliphatic carbocycles. The molecule has 2 aromatic heterocycles. The molecule has 8 heteroatoms. The Kier molecular flexibility index (Phi) is 5.18. The maximum atomic E-state index is 12.6. The maximum Gasteiger partial charge on any atom is 0.433 e. The fourth-order valence-electron chi connectivity index (χ4n) is 2.69. The number of amides is 1. The largest absolute Gasteiger partial charge is 0.459 e. The third-order valence-corrected chi connectivity index (χ3v) is 4.17. The van der Waals surface area contributed by atoms with E-state index < -0.39 is 17.8 Å². The maximum absolute atomic E-state index is 12.6. The third kappa shape index (κ3) is 4.28.